The summed E-state index contributed by atoms with van der Waals surface area (Å²) >= 11 is 15.2. The minimum Gasteiger partial charge on any atom is -0.455 e. The molecule has 0 spiro atoms. The molecule has 1 N–H and O–H groups in total. The van der Waals surface area contributed by atoms with Crippen LogP contribution < -0.4 is 4.74 Å². The highest BCUT2D eigenvalue weighted by Gasteiger charge is 2.14. The predicted octanol–water partition coefficient (Wildman–Crippen LogP) is 4.95. The molecule has 0 aliphatic carbocycles. The van der Waals surface area contributed by atoms with Gasteiger partial charge in [-0.2, -0.15) is 0 Å². The molecule has 5 nitrogen and oxygen atoms in total. The summed E-state index contributed by atoms with van der Waals surface area (Å²) < 4.78 is 6.20. The second-order valence-corrected chi connectivity index (χ2v) is 5.67. The van der Waals surface area contributed by atoms with Crippen LogP contribution in [0.5, 0.6) is 11.5 Å². The molecule has 0 aliphatic heterocycles. The Kier molecular flexibility index (Phi) is 5.05. The number of aliphatic hydroxyl groups is 1. The molecule has 0 unspecified atom stereocenters. The van der Waals surface area contributed by atoms with Crippen molar-refractivity contribution in [3.05, 3.63) is 60.5 Å². The van der Waals surface area contributed by atoms with Gasteiger partial charge in [0.2, 0.25) is 0 Å². The number of nitrogens with zero attached hydrogens (tertiary/aromatic N) is 1. The largest absolute Gasteiger partial charge is 0.455 e. The van der Waals surface area contributed by atoms with E-state index in [1.807, 2.05) is 0 Å². The molecular formula is C13H8BrCl2NO4. The molecule has 21 heavy (non-hydrogen) atoms. The van der Waals surface area contributed by atoms with Gasteiger partial charge in [-0.1, -0.05) is 23.2 Å². The summed E-state index contributed by atoms with van der Waals surface area (Å²) in [5, 5.41) is 20.7. The molecule has 0 amide bonds. The summed E-state index contributed by atoms with van der Waals surface area (Å²) in [4.78, 5) is 10.2. The van der Waals surface area contributed by atoms with Crippen LogP contribution in [0.1, 0.15) is 5.56 Å². The number of ether oxygens (including phenoxy) is 1. The molecule has 2 rings (SSSR count). The van der Waals surface area contributed by atoms with Crippen molar-refractivity contribution in [3.8, 4) is 11.5 Å². The molecule has 0 saturated heterocycles. The van der Waals surface area contributed by atoms with Crippen molar-refractivity contribution in [3.63, 3.8) is 0 Å². The first-order valence-corrected chi connectivity index (χ1v) is 7.18. The first-order chi connectivity index (χ1) is 9.92. The number of aliphatic hydroxyl groups excluding tert-OH is 1. The van der Waals surface area contributed by atoms with Gasteiger partial charge in [0.05, 0.1) is 21.6 Å². The molecule has 2 aromatic rings. The standard InChI is InChI=1S/C13H8BrCl2NO4/c14-9-4-11(16)13(5-10(9)15)21-12-2-1-8(17(19)20)3-7(12)6-18/h1-5,18H,6H2. The Balaban J connectivity index is 2.40. The Morgan fingerprint density at radius 3 is 2.52 bits per heavy atom. The summed E-state index contributed by atoms with van der Waals surface area (Å²) in [5.74, 6) is 0.553. The lowest BCUT2D eigenvalue weighted by Crippen LogP contribution is -1.95. The summed E-state index contributed by atoms with van der Waals surface area (Å²) in [5.41, 5.74) is 0.144. The fraction of sp³-hybridized carbons (Fsp3) is 0.0769. The van der Waals surface area contributed by atoms with E-state index in [0.29, 0.717) is 14.5 Å². The zero-order chi connectivity index (χ0) is 15.6. The smallest absolute Gasteiger partial charge is 0.270 e. The Labute approximate surface area is 138 Å². The van der Waals surface area contributed by atoms with E-state index in [1.54, 1.807) is 6.07 Å². The van der Waals surface area contributed by atoms with Gasteiger partial charge < -0.3 is 9.84 Å². The third kappa shape index (κ3) is 3.65. The molecule has 110 valence electrons. The first kappa shape index (κ1) is 16.0. The van der Waals surface area contributed by atoms with E-state index in [-0.39, 0.29) is 22.7 Å². The van der Waals surface area contributed by atoms with E-state index >= 15 is 0 Å². The Hall–Kier alpha value is -1.34. The Bertz CT molecular complexity index is 709. The molecule has 0 radical (unpaired) electrons. The number of nitro groups is 1. The third-order valence-corrected chi connectivity index (χ3v) is 4.11. The van der Waals surface area contributed by atoms with Gasteiger partial charge in [-0.25, -0.2) is 0 Å². The van der Waals surface area contributed by atoms with Crippen LogP contribution in [0, 0.1) is 10.1 Å². The number of non-ortho nitro benzene ring substituents is 1. The van der Waals surface area contributed by atoms with Crippen molar-refractivity contribution in [1.29, 1.82) is 0 Å². The molecule has 0 saturated carbocycles. The normalized spacial score (nSPS) is 10.5. The predicted molar refractivity (Wildman–Crippen MR) is 83.3 cm³/mol. The van der Waals surface area contributed by atoms with Gasteiger partial charge in [0, 0.05) is 28.2 Å². The molecule has 0 fully saturated rings. The van der Waals surface area contributed by atoms with Crippen LogP contribution in [-0.2, 0) is 6.61 Å². The Morgan fingerprint density at radius 1 is 1.19 bits per heavy atom. The van der Waals surface area contributed by atoms with Gasteiger partial charge >= 0.3 is 0 Å². The summed E-state index contributed by atoms with van der Waals surface area (Å²) in [6, 6.07) is 7.00. The van der Waals surface area contributed by atoms with E-state index in [4.69, 9.17) is 27.9 Å². The molecule has 0 aliphatic rings. The lowest BCUT2D eigenvalue weighted by Gasteiger charge is -2.12. The average Bonchev–Trinajstić information content (AvgIpc) is 2.44. The quantitative estimate of drug-likeness (QED) is 0.454. The molecular weight excluding hydrogens is 385 g/mol. The van der Waals surface area contributed by atoms with Crippen molar-refractivity contribution in [2.75, 3.05) is 0 Å². The maximum atomic E-state index is 10.7. The summed E-state index contributed by atoms with van der Waals surface area (Å²) in [7, 11) is 0. The lowest BCUT2D eigenvalue weighted by molar-refractivity contribution is -0.385. The van der Waals surface area contributed by atoms with Crippen molar-refractivity contribution >= 4 is 44.8 Å². The molecule has 0 atom stereocenters. The van der Waals surface area contributed by atoms with Gasteiger partial charge in [-0.15, -0.1) is 0 Å². The molecule has 2 aromatic carbocycles. The average molecular weight is 393 g/mol. The van der Waals surface area contributed by atoms with Crippen LogP contribution in [0.15, 0.2) is 34.8 Å². The van der Waals surface area contributed by atoms with Gasteiger partial charge in [0.15, 0.2) is 0 Å². The van der Waals surface area contributed by atoms with Crippen molar-refractivity contribution in [1.82, 2.24) is 0 Å². The van der Waals surface area contributed by atoms with Crippen LogP contribution in [-0.4, -0.2) is 10.0 Å². The second kappa shape index (κ2) is 6.62. The molecule has 0 heterocycles. The summed E-state index contributed by atoms with van der Waals surface area (Å²) in [6.45, 7) is -0.404. The number of rotatable bonds is 4. The zero-order valence-electron chi connectivity index (χ0n) is 10.3. The maximum absolute atomic E-state index is 10.7. The van der Waals surface area contributed by atoms with E-state index in [1.165, 1.54) is 24.3 Å². The second-order valence-electron chi connectivity index (χ2n) is 4.01. The molecule has 8 heteroatoms. The SMILES string of the molecule is O=[N+]([O-])c1ccc(Oc2cc(Cl)c(Br)cc2Cl)c(CO)c1. The van der Waals surface area contributed by atoms with Crippen LogP contribution >= 0.6 is 39.1 Å². The van der Waals surface area contributed by atoms with E-state index in [9.17, 15) is 15.2 Å². The van der Waals surface area contributed by atoms with Crippen LogP contribution in [0.2, 0.25) is 10.0 Å². The number of nitro benzene ring substituents is 1. The van der Waals surface area contributed by atoms with Crippen molar-refractivity contribution < 1.29 is 14.8 Å². The van der Waals surface area contributed by atoms with Gasteiger partial charge in [-0.05, 0) is 28.1 Å². The van der Waals surface area contributed by atoms with Gasteiger partial charge in [0.1, 0.15) is 11.5 Å². The zero-order valence-corrected chi connectivity index (χ0v) is 13.4. The fourth-order valence-electron chi connectivity index (χ4n) is 1.60. The highest BCUT2D eigenvalue weighted by atomic mass is 79.9. The maximum Gasteiger partial charge on any atom is 0.270 e. The first-order valence-electron chi connectivity index (χ1n) is 5.63. The molecule has 0 bridgehead atoms. The van der Waals surface area contributed by atoms with E-state index in [0.717, 1.165) is 0 Å². The summed E-state index contributed by atoms with van der Waals surface area (Å²) in [6.07, 6.45) is 0. The van der Waals surface area contributed by atoms with Crippen LogP contribution in [0.3, 0.4) is 0 Å². The number of hydrogen-bond donors (Lipinski definition) is 1. The number of benzene rings is 2. The van der Waals surface area contributed by atoms with Gasteiger partial charge in [0.25, 0.3) is 5.69 Å². The third-order valence-electron chi connectivity index (χ3n) is 2.62. The lowest BCUT2D eigenvalue weighted by atomic mass is 10.2. The fourth-order valence-corrected chi connectivity index (χ4v) is 2.43. The van der Waals surface area contributed by atoms with Crippen molar-refractivity contribution in [2.45, 2.75) is 6.61 Å². The van der Waals surface area contributed by atoms with Gasteiger partial charge in [-0.3, -0.25) is 10.1 Å². The Morgan fingerprint density at radius 2 is 1.90 bits per heavy atom. The highest BCUT2D eigenvalue weighted by molar-refractivity contribution is 9.10. The number of hydrogen-bond acceptors (Lipinski definition) is 4. The topological polar surface area (TPSA) is 72.6 Å². The van der Waals surface area contributed by atoms with Crippen molar-refractivity contribution in [2.24, 2.45) is 0 Å². The minimum absolute atomic E-state index is 0.133. The molecule has 0 aromatic heterocycles. The highest BCUT2D eigenvalue weighted by Crippen LogP contribution is 2.38. The van der Waals surface area contributed by atoms with Crippen LogP contribution in [0.4, 0.5) is 5.69 Å². The van der Waals surface area contributed by atoms with E-state index < -0.39 is 11.5 Å². The minimum atomic E-state index is -0.549. The monoisotopic (exact) mass is 391 g/mol. The van der Waals surface area contributed by atoms with E-state index in [2.05, 4.69) is 15.9 Å². The van der Waals surface area contributed by atoms with Crippen LogP contribution in [0.25, 0.3) is 0 Å². The number of halogens is 3.